The SMILES string of the molecule is COC(=O)CCCN(CC(=O)OC)C1CCCC1. The zero-order valence-electron chi connectivity index (χ0n) is 11.3. The summed E-state index contributed by atoms with van der Waals surface area (Å²) in [6.45, 7) is 1.07. The summed E-state index contributed by atoms with van der Waals surface area (Å²) >= 11 is 0. The van der Waals surface area contributed by atoms with Crippen molar-refractivity contribution in [3.05, 3.63) is 0 Å². The fraction of sp³-hybridized carbons (Fsp3) is 0.846. The molecule has 0 unspecified atom stereocenters. The molecule has 0 aliphatic heterocycles. The number of carbonyl (C=O) groups is 2. The van der Waals surface area contributed by atoms with E-state index in [2.05, 4.69) is 9.64 Å². The molecule has 1 saturated carbocycles. The zero-order chi connectivity index (χ0) is 13.4. The van der Waals surface area contributed by atoms with Crippen LogP contribution < -0.4 is 0 Å². The highest BCUT2D eigenvalue weighted by atomic mass is 16.5. The Labute approximate surface area is 108 Å². The van der Waals surface area contributed by atoms with Crippen molar-refractivity contribution in [2.24, 2.45) is 0 Å². The lowest BCUT2D eigenvalue weighted by molar-refractivity contribution is -0.142. The van der Waals surface area contributed by atoms with Gasteiger partial charge in [0.15, 0.2) is 0 Å². The van der Waals surface area contributed by atoms with Crippen molar-refractivity contribution in [3.8, 4) is 0 Å². The predicted molar refractivity (Wildman–Crippen MR) is 67.1 cm³/mol. The van der Waals surface area contributed by atoms with E-state index in [-0.39, 0.29) is 11.9 Å². The van der Waals surface area contributed by atoms with Crippen molar-refractivity contribution in [1.29, 1.82) is 0 Å². The maximum absolute atomic E-state index is 11.4. The van der Waals surface area contributed by atoms with Crippen LogP contribution in [0.1, 0.15) is 38.5 Å². The van der Waals surface area contributed by atoms with E-state index in [0.717, 1.165) is 25.8 Å². The van der Waals surface area contributed by atoms with Crippen LogP contribution in [0.4, 0.5) is 0 Å². The lowest BCUT2D eigenvalue weighted by Gasteiger charge is -2.27. The molecule has 1 aliphatic rings. The quantitative estimate of drug-likeness (QED) is 0.644. The van der Waals surface area contributed by atoms with Gasteiger partial charge in [0.1, 0.15) is 0 Å². The molecule has 104 valence electrons. The average Bonchev–Trinajstić information content (AvgIpc) is 2.90. The Kier molecular flexibility index (Phi) is 6.72. The van der Waals surface area contributed by atoms with Crippen molar-refractivity contribution < 1.29 is 19.1 Å². The molecule has 1 fully saturated rings. The monoisotopic (exact) mass is 257 g/mol. The van der Waals surface area contributed by atoms with E-state index >= 15 is 0 Å². The number of methoxy groups -OCH3 is 2. The number of rotatable bonds is 7. The second-order valence-electron chi connectivity index (χ2n) is 4.66. The summed E-state index contributed by atoms with van der Waals surface area (Å²) < 4.78 is 9.33. The third-order valence-corrected chi connectivity index (χ3v) is 3.45. The van der Waals surface area contributed by atoms with Crippen LogP contribution in [0, 0.1) is 0 Å². The molecule has 0 saturated heterocycles. The van der Waals surface area contributed by atoms with Gasteiger partial charge >= 0.3 is 11.9 Å². The fourth-order valence-electron chi connectivity index (χ4n) is 2.42. The Morgan fingerprint density at radius 1 is 1.11 bits per heavy atom. The molecule has 0 N–H and O–H groups in total. The number of ether oxygens (including phenoxy) is 2. The van der Waals surface area contributed by atoms with Crippen LogP contribution in [-0.2, 0) is 19.1 Å². The first-order valence-corrected chi connectivity index (χ1v) is 6.55. The molecule has 1 aliphatic carbocycles. The molecule has 5 heteroatoms. The van der Waals surface area contributed by atoms with Crippen molar-refractivity contribution in [2.45, 2.75) is 44.6 Å². The zero-order valence-corrected chi connectivity index (χ0v) is 11.3. The average molecular weight is 257 g/mol. The molecule has 1 rings (SSSR count). The smallest absolute Gasteiger partial charge is 0.319 e. The van der Waals surface area contributed by atoms with Gasteiger partial charge in [-0.25, -0.2) is 0 Å². The molecule has 0 bridgehead atoms. The normalized spacial score (nSPS) is 15.9. The molecule has 18 heavy (non-hydrogen) atoms. The second kappa shape index (κ2) is 8.08. The van der Waals surface area contributed by atoms with Crippen LogP contribution in [0.15, 0.2) is 0 Å². The maximum Gasteiger partial charge on any atom is 0.319 e. The summed E-state index contributed by atoms with van der Waals surface area (Å²) in [6, 6.07) is 0.460. The first kappa shape index (κ1) is 15.0. The van der Waals surface area contributed by atoms with Gasteiger partial charge in [0.25, 0.3) is 0 Å². The van der Waals surface area contributed by atoms with E-state index in [4.69, 9.17) is 4.74 Å². The van der Waals surface area contributed by atoms with Crippen molar-refractivity contribution >= 4 is 11.9 Å². The van der Waals surface area contributed by atoms with Crippen molar-refractivity contribution in [2.75, 3.05) is 27.3 Å². The molecule has 0 aromatic carbocycles. The van der Waals surface area contributed by atoms with Crippen LogP contribution in [0.5, 0.6) is 0 Å². The summed E-state index contributed by atoms with van der Waals surface area (Å²) in [4.78, 5) is 24.6. The summed E-state index contributed by atoms with van der Waals surface area (Å²) in [5.74, 6) is -0.403. The van der Waals surface area contributed by atoms with Crippen LogP contribution in [0.2, 0.25) is 0 Å². The van der Waals surface area contributed by atoms with Crippen molar-refractivity contribution in [1.82, 2.24) is 4.90 Å². The number of nitrogens with zero attached hydrogens (tertiary/aromatic N) is 1. The van der Waals surface area contributed by atoms with Gasteiger partial charge in [0.2, 0.25) is 0 Å². The maximum atomic E-state index is 11.4. The predicted octanol–water partition coefficient (Wildman–Crippen LogP) is 1.36. The summed E-state index contributed by atoms with van der Waals surface area (Å²) in [5, 5.41) is 0. The Balaban J connectivity index is 2.38. The van der Waals surface area contributed by atoms with Gasteiger partial charge in [-0.2, -0.15) is 0 Å². The highest BCUT2D eigenvalue weighted by Gasteiger charge is 2.24. The highest BCUT2D eigenvalue weighted by Crippen LogP contribution is 2.23. The first-order chi connectivity index (χ1) is 8.67. The molecule has 0 spiro atoms. The van der Waals surface area contributed by atoms with Gasteiger partial charge in [0.05, 0.1) is 20.8 Å². The molecule has 0 amide bonds. The Bertz CT molecular complexity index is 274. The molecule has 0 aromatic rings. The first-order valence-electron chi connectivity index (χ1n) is 6.55. The van der Waals surface area contributed by atoms with E-state index in [1.54, 1.807) is 0 Å². The molecule has 0 atom stereocenters. The topological polar surface area (TPSA) is 55.8 Å². The molecular weight excluding hydrogens is 234 g/mol. The summed E-state index contributed by atoms with van der Waals surface area (Å²) in [7, 11) is 2.80. The fourth-order valence-corrected chi connectivity index (χ4v) is 2.42. The van der Waals surface area contributed by atoms with Gasteiger partial charge in [-0.1, -0.05) is 12.8 Å². The highest BCUT2D eigenvalue weighted by molar-refractivity contribution is 5.71. The van der Waals surface area contributed by atoms with E-state index in [0.29, 0.717) is 19.0 Å². The van der Waals surface area contributed by atoms with E-state index < -0.39 is 0 Å². The molecule has 0 aromatic heterocycles. The van der Waals surface area contributed by atoms with Gasteiger partial charge in [-0.3, -0.25) is 14.5 Å². The second-order valence-corrected chi connectivity index (χ2v) is 4.66. The number of esters is 2. The third-order valence-electron chi connectivity index (χ3n) is 3.45. The van der Waals surface area contributed by atoms with Gasteiger partial charge in [0, 0.05) is 12.5 Å². The number of hydrogen-bond acceptors (Lipinski definition) is 5. The third kappa shape index (κ3) is 5.04. The lowest BCUT2D eigenvalue weighted by atomic mass is 10.2. The largest absolute Gasteiger partial charge is 0.469 e. The van der Waals surface area contributed by atoms with Crippen molar-refractivity contribution in [3.63, 3.8) is 0 Å². The minimum atomic E-state index is -0.208. The van der Waals surface area contributed by atoms with Crippen LogP contribution in [0.3, 0.4) is 0 Å². The van der Waals surface area contributed by atoms with Crippen LogP contribution >= 0.6 is 0 Å². The molecule has 0 radical (unpaired) electrons. The lowest BCUT2D eigenvalue weighted by Crippen LogP contribution is -2.38. The van der Waals surface area contributed by atoms with E-state index in [1.807, 2.05) is 0 Å². The summed E-state index contributed by atoms with van der Waals surface area (Å²) in [5.41, 5.74) is 0. The van der Waals surface area contributed by atoms with Gasteiger partial charge in [-0.05, 0) is 25.8 Å². The molecular formula is C13H23NO4. The molecule has 5 nitrogen and oxygen atoms in total. The summed E-state index contributed by atoms with van der Waals surface area (Å²) in [6.07, 6.45) is 5.84. The van der Waals surface area contributed by atoms with Crippen LogP contribution in [-0.4, -0.2) is 50.2 Å². The minimum Gasteiger partial charge on any atom is -0.469 e. The Hall–Kier alpha value is -1.10. The van der Waals surface area contributed by atoms with Gasteiger partial charge < -0.3 is 9.47 Å². The number of carbonyl (C=O) groups excluding carboxylic acids is 2. The Morgan fingerprint density at radius 2 is 1.72 bits per heavy atom. The van der Waals surface area contributed by atoms with E-state index in [9.17, 15) is 9.59 Å². The van der Waals surface area contributed by atoms with E-state index in [1.165, 1.54) is 27.1 Å². The molecule has 0 heterocycles. The van der Waals surface area contributed by atoms with Gasteiger partial charge in [-0.15, -0.1) is 0 Å². The number of hydrogen-bond donors (Lipinski definition) is 0. The minimum absolute atomic E-state index is 0.195. The van der Waals surface area contributed by atoms with Crippen LogP contribution in [0.25, 0.3) is 0 Å². The standard InChI is InChI=1S/C13H23NO4/c1-17-12(15)8-5-9-14(10-13(16)18-2)11-6-3-4-7-11/h11H,3-10H2,1-2H3. The Morgan fingerprint density at radius 3 is 2.28 bits per heavy atom.